The first-order valence-electron chi connectivity index (χ1n) is 6.43. The van der Waals surface area contributed by atoms with Gasteiger partial charge in [0.25, 0.3) is 5.91 Å². The molecule has 20 heavy (non-hydrogen) atoms. The summed E-state index contributed by atoms with van der Waals surface area (Å²) in [5, 5.41) is 6.56. The highest BCUT2D eigenvalue weighted by Gasteiger charge is 2.19. The fourth-order valence-corrected chi connectivity index (χ4v) is 2.81. The first-order chi connectivity index (χ1) is 9.74. The van der Waals surface area contributed by atoms with Crippen LogP contribution in [0.1, 0.15) is 9.67 Å². The molecule has 0 unspecified atom stereocenters. The van der Waals surface area contributed by atoms with Crippen LogP contribution in [0.4, 0.5) is 4.39 Å². The summed E-state index contributed by atoms with van der Waals surface area (Å²) < 4.78 is 13.7. The molecule has 2 N–H and O–H groups in total. The second-order valence-electron chi connectivity index (χ2n) is 4.74. The van der Waals surface area contributed by atoms with Crippen molar-refractivity contribution < 1.29 is 9.18 Å². The van der Waals surface area contributed by atoms with Gasteiger partial charge in [0.2, 0.25) is 0 Å². The van der Waals surface area contributed by atoms with Gasteiger partial charge in [-0.1, -0.05) is 12.1 Å². The van der Waals surface area contributed by atoms with Crippen LogP contribution in [0.5, 0.6) is 0 Å². The van der Waals surface area contributed by atoms with Crippen LogP contribution < -0.4 is 10.6 Å². The van der Waals surface area contributed by atoms with Crippen molar-refractivity contribution in [1.82, 2.24) is 15.6 Å². The van der Waals surface area contributed by atoms with Crippen LogP contribution in [0.2, 0.25) is 0 Å². The molecular formula is C14H14FN3OS. The van der Waals surface area contributed by atoms with Gasteiger partial charge in [-0.3, -0.25) is 4.79 Å². The Labute approximate surface area is 120 Å². The zero-order chi connectivity index (χ0) is 13.9. The minimum absolute atomic E-state index is 0.142. The molecule has 1 amide bonds. The quantitative estimate of drug-likeness (QED) is 0.904. The highest BCUT2D eigenvalue weighted by molar-refractivity contribution is 7.16. The van der Waals surface area contributed by atoms with Crippen LogP contribution in [-0.4, -0.2) is 30.5 Å². The number of carbonyl (C=O) groups excluding carboxylic acids is 1. The Morgan fingerprint density at radius 3 is 2.95 bits per heavy atom. The van der Waals surface area contributed by atoms with E-state index in [1.54, 1.807) is 18.2 Å². The molecule has 1 aromatic heterocycles. The molecule has 0 bridgehead atoms. The van der Waals surface area contributed by atoms with E-state index in [9.17, 15) is 9.18 Å². The number of hydrogen-bond donors (Lipinski definition) is 2. The van der Waals surface area contributed by atoms with Crippen molar-refractivity contribution in [3.63, 3.8) is 0 Å². The Hall–Kier alpha value is -1.79. The molecule has 1 fully saturated rings. The lowest BCUT2D eigenvalue weighted by Crippen LogP contribution is -2.48. The predicted octanol–water partition coefficient (Wildman–Crippen LogP) is 1.90. The zero-order valence-corrected chi connectivity index (χ0v) is 11.5. The van der Waals surface area contributed by atoms with E-state index in [1.165, 1.54) is 23.6 Å². The van der Waals surface area contributed by atoms with E-state index in [-0.39, 0.29) is 11.7 Å². The van der Waals surface area contributed by atoms with Crippen LogP contribution in [0.25, 0.3) is 10.6 Å². The number of rotatable bonds is 4. The second-order valence-corrected chi connectivity index (χ2v) is 5.77. The third-order valence-electron chi connectivity index (χ3n) is 3.25. The van der Waals surface area contributed by atoms with Gasteiger partial charge in [0.1, 0.15) is 15.7 Å². The van der Waals surface area contributed by atoms with Gasteiger partial charge in [-0.2, -0.15) is 0 Å². The standard InChI is InChI=1S/C14H14FN3OS/c15-11-4-2-1-3-10(11)14-18-8-12(20-14)13(19)17-7-9-5-16-6-9/h1-4,8-9,16H,5-7H2,(H,17,19). The number of hydrogen-bond acceptors (Lipinski definition) is 4. The molecule has 1 saturated heterocycles. The van der Waals surface area contributed by atoms with Crippen molar-refractivity contribution in [1.29, 1.82) is 0 Å². The Balaban J connectivity index is 1.69. The lowest BCUT2D eigenvalue weighted by molar-refractivity contribution is 0.0946. The third-order valence-corrected chi connectivity index (χ3v) is 4.28. The van der Waals surface area contributed by atoms with Crippen LogP contribution in [0.3, 0.4) is 0 Å². The number of aromatic nitrogens is 1. The first kappa shape index (κ1) is 13.2. The van der Waals surface area contributed by atoms with Crippen molar-refractivity contribution in [2.24, 2.45) is 5.92 Å². The van der Waals surface area contributed by atoms with Crippen molar-refractivity contribution in [2.75, 3.05) is 19.6 Å². The monoisotopic (exact) mass is 291 g/mol. The van der Waals surface area contributed by atoms with Gasteiger partial charge in [-0.05, 0) is 12.1 Å². The van der Waals surface area contributed by atoms with Crippen molar-refractivity contribution in [3.8, 4) is 10.6 Å². The minimum atomic E-state index is -0.325. The summed E-state index contributed by atoms with van der Waals surface area (Å²) in [6, 6.07) is 6.44. The van der Waals surface area contributed by atoms with Gasteiger partial charge in [-0.25, -0.2) is 9.37 Å². The molecule has 0 saturated carbocycles. The van der Waals surface area contributed by atoms with Gasteiger partial charge in [0, 0.05) is 31.1 Å². The maximum atomic E-state index is 13.7. The van der Waals surface area contributed by atoms with Gasteiger partial charge < -0.3 is 10.6 Å². The summed E-state index contributed by atoms with van der Waals surface area (Å²) in [6.07, 6.45) is 1.50. The van der Waals surface area contributed by atoms with Crippen LogP contribution in [-0.2, 0) is 0 Å². The highest BCUT2D eigenvalue weighted by Crippen LogP contribution is 2.27. The number of halogens is 1. The molecule has 4 nitrogen and oxygen atoms in total. The van der Waals surface area contributed by atoms with Crippen LogP contribution in [0, 0.1) is 11.7 Å². The molecule has 0 radical (unpaired) electrons. The zero-order valence-electron chi connectivity index (χ0n) is 10.7. The first-order valence-corrected chi connectivity index (χ1v) is 7.25. The number of nitrogens with zero attached hydrogens (tertiary/aromatic N) is 1. The molecule has 0 aliphatic carbocycles. The van der Waals surface area contributed by atoms with Crippen molar-refractivity contribution in [3.05, 3.63) is 41.2 Å². The summed E-state index contributed by atoms with van der Waals surface area (Å²) in [5.74, 6) is 0.0456. The average molecular weight is 291 g/mol. The summed E-state index contributed by atoms with van der Waals surface area (Å²) in [6.45, 7) is 2.56. The van der Waals surface area contributed by atoms with E-state index in [1.807, 2.05) is 0 Å². The summed E-state index contributed by atoms with van der Waals surface area (Å²) in [7, 11) is 0. The van der Waals surface area contributed by atoms with E-state index in [4.69, 9.17) is 0 Å². The predicted molar refractivity (Wildman–Crippen MR) is 76.2 cm³/mol. The molecule has 2 aromatic rings. The number of carbonyl (C=O) groups is 1. The van der Waals surface area contributed by atoms with E-state index in [2.05, 4.69) is 15.6 Å². The van der Waals surface area contributed by atoms with E-state index in [0.717, 1.165) is 13.1 Å². The highest BCUT2D eigenvalue weighted by atomic mass is 32.1. The number of amides is 1. The lowest BCUT2D eigenvalue weighted by Gasteiger charge is -2.26. The summed E-state index contributed by atoms with van der Waals surface area (Å²) in [4.78, 5) is 16.6. The molecular weight excluding hydrogens is 277 g/mol. The van der Waals surface area contributed by atoms with Gasteiger partial charge in [0.15, 0.2) is 0 Å². The van der Waals surface area contributed by atoms with Crippen LogP contribution >= 0.6 is 11.3 Å². The van der Waals surface area contributed by atoms with Gasteiger partial charge in [-0.15, -0.1) is 11.3 Å². The maximum Gasteiger partial charge on any atom is 0.263 e. The van der Waals surface area contributed by atoms with Crippen molar-refractivity contribution >= 4 is 17.2 Å². The number of benzene rings is 1. The maximum absolute atomic E-state index is 13.7. The molecule has 1 aliphatic heterocycles. The molecule has 1 aliphatic rings. The molecule has 2 heterocycles. The Bertz CT molecular complexity index is 624. The summed E-state index contributed by atoms with van der Waals surface area (Å²) in [5.41, 5.74) is 0.430. The van der Waals surface area contributed by atoms with E-state index in [0.29, 0.717) is 27.9 Å². The van der Waals surface area contributed by atoms with Crippen LogP contribution in [0.15, 0.2) is 30.5 Å². The smallest absolute Gasteiger partial charge is 0.263 e. The number of thiazole rings is 1. The second kappa shape index (κ2) is 5.68. The molecule has 1 aromatic carbocycles. The Kier molecular flexibility index (Phi) is 3.75. The van der Waals surface area contributed by atoms with E-state index < -0.39 is 0 Å². The Morgan fingerprint density at radius 1 is 1.45 bits per heavy atom. The molecule has 104 valence electrons. The van der Waals surface area contributed by atoms with E-state index >= 15 is 0 Å². The fourth-order valence-electron chi connectivity index (χ4n) is 1.96. The fraction of sp³-hybridized carbons (Fsp3) is 0.286. The van der Waals surface area contributed by atoms with Gasteiger partial charge in [0.05, 0.1) is 6.20 Å². The molecule has 3 rings (SSSR count). The largest absolute Gasteiger partial charge is 0.351 e. The molecule has 0 spiro atoms. The Morgan fingerprint density at radius 2 is 2.25 bits per heavy atom. The van der Waals surface area contributed by atoms with Gasteiger partial charge >= 0.3 is 0 Å². The average Bonchev–Trinajstić information content (AvgIpc) is 2.87. The normalized spacial score (nSPS) is 14.8. The number of nitrogens with one attached hydrogen (secondary N) is 2. The molecule has 0 atom stereocenters. The summed E-state index contributed by atoms with van der Waals surface area (Å²) >= 11 is 1.21. The molecule has 6 heteroatoms. The SMILES string of the molecule is O=C(NCC1CNC1)c1cnc(-c2ccccc2F)s1. The third kappa shape index (κ3) is 2.71. The topological polar surface area (TPSA) is 54.0 Å². The lowest BCUT2D eigenvalue weighted by atomic mass is 10.0. The minimum Gasteiger partial charge on any atom is -0.351 e. The van der Waals surface area contributed by atoms with Crippen molar-refractivity contribution in [2.45, 2.75) is 0 Å².